The molecule has 4 rings (SSSR count). The van der Waals surface area contributed by atoms with Crippen molar-refractivity contribution in [1.29, 1.82) is 0 Å². The predicted molar refractivity (Wildman–Crippen MR) is 95.9 cm³/mol. The van der Waals surface area contributed by atoms with Gasteiger partial charge >= 0.3 is 0 Å². The zero-order valence-electron chi connectivity index (χ0n) is 14.9. The van der Waals surface area contributed by atoms with Gasteiger partial charge in [-0.2, -0.15) is 0 Å². The van der Waals surface area contributed by atoms with Crippen molar-refractivity contribution < 1.29 is 14.3 Å². The van der Waals surface area contributed by atoms with Crippen LogP contribution in [-0.2, 0) is 11.2 Å². The Hall–Kier alpha value is -1.75. The lowest BCUT2D eigenvalue weighted by Crippen LogP contribution is -2.44. The Morgan fingerprint density at radius 3 is 2.84 bits per heavy atom. The normalized spacial score (nSPS) is 23.2. The van der Waals surface area contributed by atoms with Gasteiger partial charge in [-0.05, 0) is 56.8 Å². The first-order valence-electron chi connectivity index (χ1n) is 9.70. The first-order chi connectivity index (χ1) is 12.3. The number of nitrogens with zero attached hydrogens (tertiary/aromatic N) is 2. The first kappa shape index (κ1) is 16.7. The molecule has 3 aliphatic rings. The van der Waals surface area contributed by atoms with Crippen LogP contribution in [0.3, 0.4) is 0 Å². The van der Waals surface area contributed by atoms with E-state index in [1.54, 1.807) is 0 Å². The second-order valence-corrected chi connectivity index (χ2v) is 7.40. The van der Waals surface area contributed by atoms with Crippen molar-refractivity contribution in [3.63, 3.8) is 0 Å². The predicted octanol–water partition coefficient (Wildman–Crippen LogP) is 2.82. The van der Waals surface area contributed by atoms with Gasteiger partial charge in [-0.1, -0.05) is 18.6 Å². The maximum absolute atomic E-state index is 12.8. The molecule has 0 radical (unpaired) electrons. The van der Waals surface area contributed by atoms with Crippen LogP contribution in [-0.4, -0.2) is 54.7 Å². The van der Waals surface area contributed by atoms with Gasteiger partial charge in [0.1, 0.15) is 0 Å². The number of para-hydroxylation sites is 1. The van der Waals surface area contributed by atoms with Crippen molar-refractivity contribution in [1.82, 2.24) is 9.80 Å². The van der Waals surface area contributed by atoms with E-state index < -0.39 is 0 Å². The molecule has 3 heterocycles. The van der Waals surface area contributed by atoms with Crippen LogP contribution in [0.1, 0.15) is 44.1 Å². The SMILES string of the molecule is O=C(CCc1cccc2c1OCO2)N1CCCC1CN1CCCCC1. The summed E-state index contributed by atoms with van der Waals surface area (Å²) >= 11 is 0. The Kier molecular flexibility index (Phi) is 5.11. The third-order valence-electron chi connectivity index (χ3n) is 5.70. The van der Waals surface area contributed by atoms with Crippen LogP contribution in [0, 0.1) is 0 Å². The molecule has 1 amide bonds. The van der Waals surface area contributed by atoms with Gasteiger partial charge in [0.15, 0.2) is 11.5 Å². The van der Waals surface area contributed by atoms with Crippen molar-refractivity contribution in [3.05, 3.63) is 23.8 Å². The molecular weight excluding hydrogens is 316 g/mol. The number of benzene rings is 1. The molecule has 136 valence electrons. The van der Waals surface area contributed by atoms with Crippen LogP contribution >= 0.6 is 0 Å². The average Bonchev–Trinajstić information content (AvgIpc) is 3.30. The molecule has 0 aromatic heterocycles. The number of amides is 1. The van der Waals surface area contributed by atoms with Gasteiger partial charge in [-0.15, -0.1) is 0 Å². The molecule has 2 fully saturated rings. The summed E-state index contributed by atoms with van der Waals surface area (Å²) in [7, 11) is 0. The molecule has 5 nitrogen and oxygen atoms in total. The summed E-state index contributed by atoms with van der Waals surface area (Å²) in [6.45, 7) is 4.66. The van der Waals surface area contributed by atoms with Crippen molar-refractivity contribution in [3.8, 4) is 11.5 Å². The Bertz CT molecular complexity index is 613. The van der Waals surface area contributed by atoms with Crippen molar-refractivity contribution >= 4 is 5.91 Å². The molecule has 25 heavy (non-hydrogen) atoms. The fourth-order valence-electron chi connectivity index (χ4n) is 4.37. The highest BCUT2D eigenvalue weighted by atomic mass is 16.7. The van der Waals surface area contributed by atoms with E-state index >= 15 is 0 Å². The summed E-state index contributed by atoms with van der Waals surface area (Å²) < 4.78 is 11.0. The quantitative estimate of drug-likeness (QED) is 0.824. The van der Waals surface area contributed by atoms with Crippen molar-refractivity contribution in [2.45, 2.75) is 51.0 Å². The van der Waals surface area contributed by atoms with E-state index in [1.807, 2.05) is 18.2 Å². The van der Waals surface area contributed by atoms with Gasteiger partial charge in [-0.3, -0.25) is 4.79 Å². The fraction of sp³-hybridized carbons (Fsp3) is 0.650. The Labute approximate surface area is 149 Å². The number of carbonyl (C=O) groups is 1. The highest BCUT2D eigenvalue weighted by Crippen LogP contribution is 2.36. The first-order valence-corrected chi connectivity index (χ1v) is 9.70. The van der Waals surface area contributed by atoms with Crippen LogP contribution in [0.25, 0.3) is 0 Å². The minimum atomic E-state index is 0.282. The lowest BCUT2D eigenvalue weighted by Gasteiger charge is -2.33. The molecule has 1 aromatic carbocycles. The summed E-state index contributed by atoms with van der Waals surface area (Å²) in [5, 5.41) is 0. The summed E-state index contributed by atoms with van der Waals surface area (Å²) in [5.41, 5.74) is 1.08. The monoisotopic (exact) mass is 344 g/mol. The second-order valence-electron chi connectivity index (χ2n) is 7.40. The van der Waals surface area contributed by atoms with E-state index in [2.05, 4.69) is 9.80 Å². The molecule has 1 aromatic rings. The number of carbonyl (C=O) groups excluding carboxylic acids is 1. The highest BCUT2D eigenvalue weighted by Gasteiger charge is 2.30. The Morgan fingerprint density at radius 2 is 1.96 bits per heavy atom. The number of rotatable bonds is 5. The minimum absolute atomic E-state index is 0.282. The molecular formula is C20H28N2O3. The lowest BCUT2D eigenvalue weighted by atomic mass is 10.1. The minimum Gasteiger partial charge on any atom is -0.454 e. The molecule has 1 unspecified atom stereocenters. The molecule has 5 heteroatoms. The molecule has 1 atom stereocenters. The number of hydrogen-bond donors (Lipinski definition) is 0. The lowest BCUT2D eigenvalue weighted by molar-refractivity contribution is -0.132. The molecule has 0 N–H and O–H groups in total. The van der Waals surface area contributed by atoms with Gasteiger partial charge in [0, 0.05) is 25.6 Å². The maximum Gasteiger partial charge on any atom is 0.231 e. The molecule has 0 aliphatic carbocycles. The van der Waals surface area contributed by atoms with Gasteiger partial charge in [0.25, 0.3) is 0 Å². The average molecular weight is 344 g/mol. The van der Waals surface area contributed by atoms with Crippen LogP contribution < -0.4 is 9.47 Å². The smallest absolute Gasteiger partial charge is 0.231 e. The topological polar surface area (TPSA) is 42.0 Å². The molecule has 0 saturated carbocycles. The summed E-state index contributed by atoms with van der Waals surface area (Å²) in [4.78, 5) is 17.5. The summed E-state index contributed by atoms with van der Waals surface area (Å²) in [6.07, 6.45) is 7.54. The van der Waals surface area contributed by atoms with Crippen molar-refractivity contribution in [2.75, 3.05) is 33.0 Å². The van der Waals surface area contributed by atoms with Crippen LogP contribution in [0.15, 0.2) is 18.2 Å². The van der Waals surface area contributed by atoms with Gasteiger partial charge in [-0.25, -0.2) is 0 Å². The molecule has 0 spiro atoms. The summed E-state index contributed by atoms with van der Waals surface area (Å²) in [5.74, 6) is 1.91. The summed E-state index contributed by atoms with van der Waals surface area (Å²) in [6, 6.07) is 6.34. The van der Waals surface area contributed by atoms with Gasteiger partial charge in [0.05, 0.1) is 0 Å². The number of aryl methyl sites for hydroxylation is 1. The van der Waals surface area contributed by atoms with Gasteiger partial charge in [0.2, 0.25) is 12.7 Å². The zero-order valence-corrected chi connectivity index (χ0v) is 14.9. The fourth-order valence-corrected chi connectivity index (χ4v) is 4.37. The second kappa shape index (κ2) is 7.65. The third-order valence-corrected chi connectivity index (χ3v) is 5.70. The molecule has 2 saturated heterocycles. The van der Waals surface area contributed by atoms with E-state index in [1.165, 1.54) is 32.4 Å². The van der Waals surface area contributed by atoms with Crippen LogP contribution in [0.4, 0.5) is 0 Å². The Balaban J connectivity index is 1.33. The molecule has 3 aliphatic heterocycles. The van der Waals surface area contributed by atoms with Crippen LogP contribution in [0.5, 0.6) is 11.5 Å². The van der Waals surface area contributed by atoms with Crippen molar-refractivity contribution in [2.24, 2.45) is 0 Å². The van der Waals surface area contributed by atoms with Crippen LogP contribution in [0.2, 0.25) is 0 Å². The van der Waals surface area contributed by atoms with E-state index in [0.29, 0.717) is 12.5 Å². The van der Waals surface area contributed by atoms with E-state index in [0.717, 1.165) is 49.4 Å². The maximum atomic E-state index is 12.8. The number of hydrogen-bond acceptors (Lipinski definition) is 4. The third kappa shape index (κ3) is 3.76. The highest BCUT2D eigenvalue weighted by molar-refractivity contribution is 5.77. The van der Waals surface area contributed by atoms with E-state index in [4.69, 9.17) is 9.47 Å². The number of likely N-dealkylation sites (tertiary alicyclic amines) is 2. The number of fused-ring (bicyclic) bond motifs is 1. The number of piperidine rings is 1. The molecule has 0 bridgehead atoms. The zero-order chi connectivity index (χ0) is 17.1. The Morgan fingerprint density at radius 1 is 1.08 bits per heavy atom. The standard InChI is InChI=1S/C20H28N2O3/c23-19(10-9-16-6-4-8-18-20(16)25-15-24-18)22-13-5-7-17(22)14-21-11-2-1-3-12-21/h4,6,8,17H,1-3,5,7,9-15H2. The van der Waals surface area contributed by atoms with E-state index in [-0.39, 0.29) is 12.7 Å². The van der Waals surface area contributed by atoms with E-state index in [9.17, 15) is 4.79 Å². The largest absolute Gasteiger partial charge is 0.454 e. The van der Waals surface area contributed by atoms with Gasteiger partial charge < -0.3 is 19.3 Å². The number of ether oxygens (including phenoxy) is 2.